The molecule has 0 amide bonds. The van der Waals surface area contributed by atoms with Gasteiger partial charge in [0.05, 0.1) is 6.10 Å². The van der Waals surface area contributed by atoms with Crippen molar-refractivity contribution >= 4 is 0 Å². The van der Waals surface area contributed by atoms with E-state index in [1.54, 1.807) is 17.7 Å². The van der Waals surface area contributed by atoms with Gasteiger partial charge in [0.2, 0.25) is 0 Å². The molecule has 0 saturated heterocycles. The summed E-state index contributed by atoms with van der Waals surface area (Å²) in [5.41, 5.74) is 4.25. The Morgan fingerprint density at radius 2 is 2.05 bits per heavy atom. The molecule has 4 rings (SSSR count). The molecule has 118 valence electrons. The van der Waals surface area contributed by atoms with Crippen LogP contribution in [-0.4, -0.2) is 10.2 Å². The Bertz CT molecular complexity index is 633. The monoisotopic (exact) mass is 298 g/mol. The molecule has 2 saturated carbocycles. The van der Waals surface area contributed by atoms with Crippen molar-refractivity contribution in [3.05, 3.63) is 41.0 Å². The van der Waals surface area contributed by atoms with Crippen LogP contribution in [0.25, 0.3) is 0 Å². The van der Waals surface area contributed by atoms with Crippen LogP contribution in [0.1, 0.15) is 69.1 Å². The lowest BCUT2D eigenvalue weighted by Gasteiger charge is -2.50. The van der Waals surface area contributed by atoms with E-state index in [9.17, 15) is 10.2 Å². The van der Waals surface area contributed by atoms with Crippen molar-refractivity contribution in [2.45, 2.75) is 58.0 Å². The Balaban J connectivity index is 1.75. The fraction of sp³-hybridized carbons (Fsp3) is 0.600. The Hall–Kier alpha value is -1.28. The molecule has 22 heavy (non-hydrogen) atoms. The number of phenols is 1. The number of aliphatic hydroxyl groups excluding tert-OH is 1. The summed E-state index contributed by atoms with van der Waals surface area (Å²) in [7, 11) is 0. The minimum absolute atomic E-state index is 0.272. The van der Waals surface area contributed by atoms with Gasteiger partial charge < -0.3 is 10.2 Å². The second-order valence-corrected chi connectivity index (χ2v) is 7.75. The Kier molecular flexibility index (Phi) is 3.16. The highest BCUT2D eigenvalue weighted by Crippen LogP contribution is 2.63. The van der Waals surface area contributed by atoms with E-state index in [0.717, 1.165) is 12.0 Å². The van der Waals surface area contributed by atoms with E-state index in [1.165, 1.54) is 31.2 Å². The molecule has 0 heterocycles. The third kappa shape index (κ3) is 1.83. The number of rotatable bonds is 0. The van der Waals surface area contributed by atoms with Gasteiger partial charge in [0.25, 0.3) is 0 Å². The van der Waals surface area contributed by atoms with Gasteiger partial charge in [0.15, 0.2) is 0 Å². The molecule has 2 fully saturated rings. The normalized spacial score (nSPS) is 41.9. The molecule has 5 atom stereocenters. The predicted molar refractivity (Wildman–Crippen MR) is 87.7 cm³/mol. The van der Waals surface area contributed by atoms with Crippen molar-refractivity contribution in [3.8, 4) is 5.75 Å². The molecule has 0 bridgehead atoms. The van der Waals surface area contributed by atoms with E-state index in [1.807, 2.05) is 0 Å². The van der Waals surface area contributed by atoms with Crippen molar-refractivity contribution in [1.82, 2.24) is 0 Å². The van der Waals surface area contributed by atoms with Crippen LogP contribution in [0.3, 0.4) is 0 Å². The Morgan fingerprint density at radius 1 is 1.23 bits per heavy atom. The van der Waals surface area contributed by atoms with Crippen LogP contribution >= 0.6 is 0 Å². The van der Waals surface area contributed by atoms with Gasteiger partial charge in [-0.25, -0.2) is 0 Å². The topological polar surface area (TPSA) is 40.5 Å². The van der Waals surface area contributed by atoms with Crippen LogP contribution in [0.4, 0.5) is 0 Å². The van der Waals surface area contributed by atoms with Crippen LogP contribution in [-0.2, 0) is 0 Å². The maximum Gasteiger partial charge on any atom is 0.115 e. The molecule has 2 N–H and O–H groups in total. The van der Waals surface area contributed by atoms with Crippen LogP contribution in [0.2, 0.25) is 0 Å². The van der Waals surface area contributed by atoms with Crippen molar-refractivity contribution in [2.24, 2.45) is 17.3 Å². The quantitative estimate of drug-likeness (QED) is 0.682. The SMILES string of the molecule is CC=C1CCC2C3C[C@@H](O)c4cc(O)ccc4C3CC[C@]12C. The van der Waals surface area contributed by atoms with E-state index >= 15 is 0 Å². The number of aromatic hydroxyl groups is 1. The highest BCUT2D eigenvalue weighted by Gasteiger charge is 2.53. The zero-order valence-corrected chi connectivity index (χ0v) is 13.5. The molecular formula is C20H26O2. The second kappa shape index (κ2) is 4.86. The predicted octanol–water partition coefficient (Wildman–Crippen LogP) is 4.69. The number of phenolic OH excluding ortho intramolecular Hbond substituents is 1. The molecule has 0 radical (unpaired) electrons. The summed E-state index contributed by atoms with van der Waals surface area (Å²) < 4.78 is 0. The number of fused-ring (bicyclic) bond motifs is 5. The first kappa shape index (κ1) is 14.3. The van der Waals surface area contributed by atoms with E-state index in [2.05, 4.69) is 26.0 Å². The summed E-state index contributed by atoms with van der Waals surface area (Å²) in [6.45, 7) is 4.64. The minimum atomic E-state index is -0.416. The van der Waals surface area contributed by atoms with Crippen LogP contribution in [0, 0.1) is 17.3 Å². The first-order chi connectivity index (χ1) is 10.5. The van der Waals surface area contributed by atoms with E-state index in [-0.39, 0.29) is 5.75 Å². The lowest BCUT2D eigenvalue weighted by molar-refractivity contribution is 0.0304. The van der Waals surface area contributed by atoms with E-state index in [0.29, 0.717) is 23.2 Å². The van der Waals surface area contributed by atoms with Gasteiger partial charge in [0, 0.05) is 0 Å². The maximum absolute atomic E-state index is 10.6. The summed E-state index contributed by atoms with van der Waals surface area (Å²) >= 11 is 0. The third-order valence-corrected chi connectivity index (χ3v) is 6.96. The summed E-state index contributed by atoms with van der Waals surface area (Å²) in [6, 6.07) is 5.61. The number of benzene rings is 1. The molecule has 2 nitrogen and oxygen atoms in total. The van der Waals surface area contributed by atoms with Crippen molar-refractivity contribution in [1.29, 1.82) is 0 Å². The van der Waals surface area contributed by atoms with E-state index in [4.69, 9.17) is 0 Å². The van der Waals surface area contributed by atoms with E-state index < -0.39 is 6.10 Å². The second-order valence-electron chi connectivity index (χ2n) is 7.75. The summed E-state index contributed by atoms with van der Waals surface area (Å²) in [6.07, 6.45) is 7.76. The Morgan fingerprint density at radius 3 is 2.82 bits per heavy atom. The molecule has 0 aliphatic heterocycles. The van der Waals surface area contributed by atoms with Gasteiger partial charge in [0.1, 0.15) is 5.75 Å². The summed E-state index contributed by atoms with van der Waals surface area (Å²) in [5.74, 6) is 2.12. The molecule has 3 unspecified atom stereocenters. The average Bonchev–Trinajstić information content (AvgIpc) is 2.84. The first-order valence-corrected chi connectivity index (χ1v) is 8.71. The molecular weight excluding hydrogens is 272 g/mol. The zero-order valence-electron chi connectivity index (χ0n) is 13.5. The highest BCUT2D eigenvalue weighted by atomic mass is 16.3. The standard InChI is InChI=1S/C20H26O2/c1-3-12-4-7-18-16-11-19(22)17-10-13(21)5-6-14(17)15(16)8-9-20(12,18)2/h3,5-6,10,15-16,18-19,21-22H,4,7-9,11H2,1-2H3/t15?,16?,18?,19-,20-/m1/s1. The van der Waals surface area contributed by atoms with Crippen molar-refractivity contribution < 1.29 is 10.2 Å². The zero-order chi connectivity index (χ0) is 15.5. The maximum atomic E-state index is 10.6. The van der Waals surface area contributed by atoms with Gasteiger partial charge in [-0.05, 0) is 85.5 Å². The van der Waals surface area contributed by atoms with Gasteiger partial charge in [-0.1, -0.05) is 24.6 Å². The molecule has 0 spiro atoms. The lowest BCUT2D eigenvalue weighted by atomic mass is 9.54. The number of hydrogen-bond donors (Lipinski definition) is 2. The molecule has 1 aromatic carbocycles. The fourth-order valence-electron chi connectivity index (χ4n) is 5.90. The van der Waals surface area contributed by atoms with Gasteiger partial charge in [-0.3, -0.25) is 0 Å². The highest BCUT2D eigenvalue weighted by molar-refractivity contribution is 5.42. The van der Waals surface area contributed by atoms with Gasteiger partial charge in [-0.2, -0.15) is 0 Å². The molecule has 1 aromatic rings. The number of allylic oxidation sites excluding steroid dienone is 2. The molecule has 3 aliphatic rings. The molecule has 0 aromatic heterocycles. The lowest BCUT2D eigenvalue weighted by Crippen LogP contribution is -2.41. The Labute approximate surface area is 132 Å². The van der Waals surface area contributed by atoms with Gasteiger partial charge in [-0.15, -0.1) is 0 Å². The van der Waals surface area contributed by atoms with Crippen LogP contribution in [0.15, 0.2) is 29.8 Å². The molecule has 2 heteroatoms. The smallest absolute Gasteiger partial charge is 0.115 e. The number of aliphatic hydroxyl groups is 1. The average molecular weight is 298 g/mol. The number of hydrogen-bond acceptors (Lipinski definition) is 2. The fourth-order valence-corrected chi connectivity index (χ4v) is 5.90. The largest absolute Gasteiger partial charge is 0.508 e. The first-order valence-electron chi connectivity index (χ1n) is 8.71. The molecule has 3 aliphatic carbocycles. The minimum Gasteiger partial charge on any atom is -0.508 e. The summed E-state index contributed by atoms with van der Waals surface area (Å²) in [4.78, 5) is 0. The van der Waals surface area contributed by atoms with Crippen LogP contribution < -0.4 is 0 Å². The van der Waals surface area contributed by atoms with Gasteiger partial charge >= 0.3 is 0 Å². The van der Waals surface area contributed by atoms with Crippen LogP contribution in [0.5, 0.6) is 5.75 Å². The summed E-state index contributed by atoms with van der Waals surface area (Å²) in [5, 5.41) is 20.4. The van der Waals surface area contributed by atoms with Crippen molar-refractivity contribution in [3.63, 3.8) is 0 Å². The third-order valence-electron chi connectivity index (χ3n) is 6.96. The van der Waals surface area contributed by atoms with Crippen molar-refractivity contribution in [2.75, 3.05) is 0 Å².